The summed E-state index contributed by atoms with van der Waals surface area (Å²) < 4.78 is 77.1. The van der Waals surface area contributed by atoms with E-state index in [-0.39, 0.29) is 26.9 Å². The van der Waals surface area contributed by atoms with E-state index in [2.05, 4.69) is 0 Å². The van der Waals surface area contributed by atoms with Crippen molar-refractivity contribution in [1.82, 2.24) is 0 Å². The Morgan fingerprint density at radius 3 is 1.56 bits per heavy atom. The van der Waals surface area contributed by atoms with Crippen molar-refractivity contribution in [3.05, 3.63) is 52.0 Å². The lowest BCUT2D eigenvalue weighted by Gasteiger charge is -2.32. The third kappa shape index (κ3) is 3.38. The standard InChI is InChI=1S/C15H9Cl2F6NO/c16-10-5-9(24)6-11(17)12(10)7-1-3-8(4-2-7)13(25,14(18,19)20)15(21,22)23/h1-6,25H,24H2. The molecule has 0 spiro atoms. The summed E-state index contributed by atoms with van der Waals surface area (Å²) in [7, 11) is 0. The maximum absolute atomic E-state index is 12.9. The van der Waals surface area contributed by atoms with Crippen LogP contribution in [0.5, 0.6) is 0 Å². The number of rotatable bonds is 2. The zero-order valence-corrected chi connectivity index (χ0v) is 13.5. The molecule has 0 aliphatic rings. The first-order chi connectivity index (χ1) is 11.3. The van der Waals surface area contributed by atoms with E-state index in [4.69, 9.17) is 28.9 Å². The highest BCUT2D eigenvalue weighted by molar-refractivity contribution is 6.39. The molecule has 10 heteroatoms. The van der Waals surface area contributed by atoms with Gasteiger partial charge in [0.25, 0.3) is 5.60 Å². The zero-order chi connectivity index (χ0) is 19.2. The first-order valence-corrected chi connectivity index (χ1v) is 7.26. The Labute approximate surface area is 147 Å². The fraction of sp³-hybridized carbons (Fsp3) is 0.200. The molecule has 0 saturated heterocycles. The van der Waals surface area contributed by atoms with E-state index in [0.717, 1.165) is 12.1 Å². The summed E-state index contributed by atoms with van der Waals surface area (Å²) in [5, 5.41) is 9.48. The van der Waals surface area contributed by atoms with Gasteiger partial charge < -0.3 is 10.8 Å². The third-order valence-electron chi connectivity index (χ3n) is 3.48. The first-order valence-electron chi connectivity index (χ1n) is 6.50. The monoisotopic (exact) mass is 403 g/mol. The first kappa shape index (κ1) is 19.7. The molecular weight excluding hydrogens is 395 g/mol. The summed E-state index contributed by atoms with van der Waals surface area (Å²) in [5.41, 5.74) is -0.258. The predicted molar refractivity (Wildman–Crippen MR) is 82.3 cm³/mol. The van der Waals surface area contributed by atoms with Gasteiger partial charge in [-0.05, 0) is 17.7 Å². The predicted octanol–water partition coefficient (Wildman–Crippen LogP) is 5.55. The summed E-state index contributed by atoms with van der Waals surface area (Å²) in [4.78, 5) is 0. The second kappa shape index (κ2) is 6.26. The number of hydrogen-bond donors (Lipinski definition) is 2. The van der Waals surface area contributed by atoms with Crippen LogP contribution >= 0.6 is 23.2 Å². The Morgan fingerprint density at radius 1 is 0.800 bits per heavy atom. The van der Waals surface area contributed by atoms with E-state index in [0.29, 0.717) is 12.1 Å². The average molecular weight is 404 g/mol. The van der Waals surface area contributed by atoms with Gasteiger partial charge in [0.2, 0.25) is 0 Å². The number of nitrogens with two attached hydrogens (primary N) is 1. The van der Waals surface area contributed by atoms with Gasteiger partial charge in [-0.25, -0.2) is 0 Å². The van der Waals surface area contributed by atoms with Gasteiger partial charge >= 0.3 is 12.4 Å². The molecule has 0 aliphatic heterocycles. The van der Waals surface area contributed by atoms with Crippen LogP contribution < -0.4 is 5.73 Å². The van der Waals surface area contributed by atoms with E-state index in [1.807, 2.05) is 0 Å². The summed E-state index contributed by atoms with van der Waals surface area (Å²) in [6.07, 6.45) is -11.9. The van der Waals surface area contributed by atoms with E-state index < -0.39 is 23.5 Å². The maximum atomic E-state index is 12.9. The van der Waals surface area contributed by atoms with Crippen LogP contribution in [-0.2, 0) is 5.60 Å². The number of benzene rings is 2. The van der Waals surface area contributed by atoms with Crippen molar-refractivity contribution < 1.29 is 31.4 Å². The molecule has 0 aliphatic carbocycles. The molecule has 2 nitrogen and oxygen atoms in total. The lowest BCUT2D eigenvalue weighted by atomic mass is 9.90. The SMILES string of the molecule is Nc1cc(Cl)c(-c2ccc(C(O)(C(F)(F)F)C(F)(F)F)cc2)c(Cl)c1. The zero-order valence-electron chi connectivity index (χ0n) is 12.0. The molecule has 0 heterocycles. The third-order valence-corrected chi connectivity index (χ3v) is 4.07. The Balaban J connectivity index is 2.57. The normalized spacial score (nSPS) is 13.2. The molecule has 0 fully saturated rings. The van der Waals surface area contributed by atoms with Gasteiger partial charge in [-0.1, -0.05) is 47.5 Å². The van der Waals surface area contributed by atoms with Crippen LogP contribution in [0.3, 0.4) is 0 Å². The molecule has 0 unspecified atom stereocenters. The Kier molecular flexibility index (Phi) is 4.93. The number of nitrogen functional groups attached to an aromatic ring is 1. The number of alkyl halides is 6. The van der Waals surface area contributed by atoms with Crippen molar-refractivity contribution in [2.45, 2.75) is 18.0 Å². The van der Waals surface area contributed by atoms with Crippen molar-refractivity contribution in [2.24, 2.45) is 0 Å². The van der Waals surface area contributed by atoms with Gasteiger partial charge in [-0.3, -0.25) is 0 Å². The number of hydrogen-bond acceptors (Lipinski definition) is 2. The molecule has 2 rings (SSSR count). The van der Waals surface area contributed by atoms with Crippen LogP contribution in [0.2, 0.25) is 10.0 Å². The molecule has 0 atom stereocenters. The van der Waals surface area contributed by atoms with Crippen molar-refractivity contribution in [2.75, 3.05) is 5.73 Å². The summed E-state index contributed by atoms with van der Waals surface area (Å²) in [6, 6.07) is 5.58. The smallest absolute Gasteiger partial charge is 0.399 e. The molecule has 2 aromatic carbocycles. The minimum atomic E-state index is -5.96. The van der Waals surface area contributed by atoms with E-state index in [1.165, 1.54) is 12.1 Å². The van der Waals surface area contributed by atoms with Crippen LogP contribution in [0.15, 0.2) is 36.4 Å². The molecule has 2 aromatic rings. The van der Waals surface area contributed by atoms with Gasteiger partial charge in [0.1, 0.15) is 0 Å². The van der Waals surface area contributed by atoms with Crippen LogP contribution in [0.4, 0.5) is 32.0 Å². The van der Waals surface area contributed by atoms with Crippen molar-refractivity contribution in [3.8, 4) is 11.1 Å². The number of halogens is 8. The van der Waals surface area contributed by atoms with E-state index >= 15 is 0 Å². The fourth-order valence-electron chi connectivity index (χ4n) is 2.23. The Morgan fingerprint density at radius 2 is 1.20 bits per heavy atom. The maximum Gasteiger partial charge on any atom is 0.430 e. The van der Waals surface area contributed by atoms with Crippen LogP contribution in [0.1, 0.15) is 5.56 Å². The quantitative estimate of drug-likeness (QED) is 0.509. The van der Waals surface area contributed by atoms with Gasteiger partial charge in [0.05, 0.1) is 10.0 Å². The topological polar surface area (TPSA) is 46.2 Å². The molecule has 0 aromatic heterocycles. The minimum Gasteiger partial charge on any atom is -0.399 e. The Hall–Kier alpha value is -1.64. The van der Waals surface area contributed by atoms with Gasteiger partial charge in [-0.15, -0.1) is 0 Å². The number of aliphatic hydroxyl groups is 1. The highest BCUT2D eigenvalue weighted by atomic mass is 35.5. The lowest BCUT2D eigenvalue weighted by molar-refractivity contribution is -0.376. The van der Waals surface area contributed by atoms with Gasteiger partial charge in [0, 0.05) is 16.8 Å². The molecule has 0 amide bonds. The molecular formula is C15H9Cl2F6NO. The highest BCUT2D eigenvalue weighted by Crippen LogP contribution is 2.50. The fourth-order valence-corrected chi connectivity index (χ4v) is 2.96. The highest BCUT2D eigenvalue weighted by Gasteiger charge is 2.71. The summed E-state index contributed by atoms with van der Waals surface area (Å²) >= 11 is 11.9. The largest absolute Gasteiger partial charge is 0.430 e. The van der Waals surface area contributed by atoms with Crippen molar-refractivity contribution in [1.29, 1.82) is 0 Å². The molecule has 136 valence electrons. The molecule has 0 radical (unpaired) electrons. The second-order valence-electron chi connectivity index (χ2n) is 5.14. The molecule has 3 N–H and O–H groups in total. The number of anilines is 1. The van der Waals surface area contributed by atoms with Gasteiger partial charge in [0.15, 0.2) is 0 Å². The summed E-state index contributed by atoms with van der Waals surface area (Å²) in [5.74, 6) is 0. The van der Waals surface area contributed by atoms with Gasteiger partial charge in [-0.2, -0.15) is 26.3 Å². The minimum absolute atomic E-state index is 0.0691. The Bertz CT molecular complexity index is 749. The van der Waals surface area contributed by atoms with Crippen molar-refractivity contribution >= 4 is 28.9 Å². The molecule has 0 saturated carbocycles. The van der Waals surface area contributed by atoms with Crippen LogP contribution in [0, 0.1) is 0 Å². The van der Waals surface area contributed by atoms with Crippen LogP contribution in [-0.4, -0.2) is 17.5 Å². The summed E-state index contributed by atoms with van der Waals surface area (Å²) in [6.45, 7) is 0. The second-order valence-corrected chi connectivity index (χ2v) is 5.96. The van der Waals surface area contributed by atoms with Crippen molar-refractivity contribution in [3.63, 3.8) is 0 Å². The molecule has 0 bridgehead atoms. The lowest BCUT2D eigenvalue weighted by Crippen LogP contribution is -2.53. The van der Waals surface area contributed by atoms with E-state index in [9.17, 15) is 31.4 Å². The van der Waals surface area contributed by atoms with Crippen LogP contribution in [0.25, 0.3) is 11.1 Å². The average Bonchev–Trinajstić information content (AvgIpc) is 2.43. The van der Waals surface area contributed by atoms with E-state index in [1.54, 1.807) is 0 Å². The molecule has 25 heavy (non-hydrogen) atoms.